The lowest BCUT2D eigenvalue weighted by Crippen LogP contribution is -2.14. The molecular formula is C16H11BrN4O5S2. The van der Waals surface area contributed by atoms with Gasteiger partial charge in [-0.3, -0.25) is 24.9 Å². The van der Waals surface area contributed by atoms with E-state index in [0.717, 1.165) is 15.8 Å². The van der Waals surface area contributed by atoms with Gasteiger partial charge >= 0.3 is 0 Å². The molecule has 0 aliphatic heterocycles. The smallest absolute Gasteiger partial charge is 0.280 e. The zero-order valence-electron chi connectivity index (χ0n) is 13.8. The summed E-state index contributed by atoms with van der Waals surface area (Å²) in [6.07, 6.45) is 0. The Morgan fingerprint density at radius 2 is 1.75 bits per heavy atom. The molecule has 0 radical (unpaired) electrons. The Morgan fingerprint density at radius 1 is 1.11 bits per heavy atom. The minimum Gasteiger partial charge on any atom is -0.298 e. The van der Waals surface area contributed by atoms with Crippen LogP contribution in [0.4, 0.5) is 16.5 Å². The van der Waals surface area contributed by atoms with Gasteiger partial charge in [0, 0.05) is 33.2 Å². The Balaban J connectivity index is 1.71. The lowest BCUT2D eigenvalue weighted by atomic mass is 10.2. The van der Waals surface area contributed by atoms with Crippen molar-refractivity contribution in [2.75, 3.05) is 10.0 Å². The molecule has 0 aliphatic rings. The summed E-state index contributed by atoms with van der Waals surface area (Å²) >= 11 is 4.21. The number of thiazole rings is 1. The molecule has 1 amide bonds. The molecule has 0 bridgehead atoms. The molecule has 144 valence electrons. The average Bonchev–Trinajstić information content (AvgIpc) is 3.13. The Hall–Kier alpha value is -2.83. The monoisotopic (exact) mass is 482 g/mol. The van der Waals surface area contributed by atoms with E-state index in [9.17, 15) is 23.3 Å². The third kappa shape index (κ3) is 4.71. The predicted molar refractivity (Wildman–Crippen MR) is 108 cm³/mol. The van der Waals surface area contributed by atoms with Gasteiger partial charge in [0.05, 0.1) is 4.92 Å². The lowest BCUT2D eigenvalue weighted by Gasteiger charge is -2.05. The quantitative estimate of drug-likeness (QED) is 0.404. The normalized spacial score (nSPS) is 11.0. The molecule has 1 aromatic heterocycles. The van der Waals surface area contributed by atoms with Gasteiger partial charge in [0.2, 0.25) is 0 Å². The summed E-state index contributed by atoms with van der Waals surface area (Å²) in [5.74, 6) is -0.561. The number of non-ortho nitro benzene ring substituents is 1. The summed E-state index contributed by atoms with van der Waals surface area (Å²) < 4.78 is 28.0. The van der Waals surface area contributed by atoms with Crippen molar-refractivity contribution in [1.82, 2.24) is 4.98 Å². The zero-order chi connectivity index (χ0) is 20.3. The van der Waals surface area contributed by atoms with Gasteiger partial charge in [-0.2, -0.15) is 8.42 Å². The maximum atomic E-state index is 12.4. The average molecular weight is 483 g/mol. The summed E-state index contributed by atoms with van der Waals surface area (Å²) in [7, 11) is -3.91. The van der Waals surface area contributed by atoms with E-state index in [1.807, 2.05) is 0 Å². The standard InChI is InChI=1S/C16H11BrN4O5S2/c17-11-3-5-12(6-4-11)20-28(25,26)14-9-27-16(18-14)19-15(22)10-1-7-13(8-2-10)21(23)24/h1-9,20H,(H,18,19,22). The van der Waals surface area contributed by atoms with Gasteiger partial charge in [0.15, 0.2) is 10.2 Å². The number of carbonyl (C=O) groups is 1. The van der Waals surface area contributed by atoms with E-state index in [1.165, 1.54) is 29.6 Å². The fourth-order valence-corrected chi connectivity index (χ4v) is 4.37. The number of nitrogens with one attached hydrogen (secondary N) is 2. The van der Waals surface area contributed by atoms with E-state index < -0.39 is 20.9 Å². The van der Waals surface area contributed by atoms with Crippen LogP contribution in [0, 0.1) is 10.1 Å². The number of sulfonamides is 1. The van der Waals surface area contributed by atoms with E-state index in [4.69, 9.17) is 0 Å². The van der Waals surface area contributed by atoms with E-state index in [1.54, 1.807) is 24.3 Å². The van der Waals surface area contributed by atoms with Crippen molar-refractivity contribution in [3.8, 4) is 0 Å². The molecule has 0 atom stereocenters. The molecule has 0 fully saturated rings. The number of carbonyl (C=O) groups excluding carboxylic acids is 1. The van der Waals surface area contributed by atoms with Gasteiger partial charge in [-0.15, -0.1) is 11.3 Å². The molecule has 2 aromatic carbocycles. The fraction of sp³-hybridized carbons (Fsp3) is 0. The molecule has 28 heavy (non-hydrogen) atoms. The summed E-state index contributed by atoms with van der Waals surface area (Å²) in [6, 6.07) is 11.6. The van der Waals surface area contributed by atoms with Crippen molar-refractivity contribution in [3.63, 3.8) is 0 Å². The number of aromatic nitrogens is 1. The number of anilines is 2. The van der Waals surface area contributed by atoms with Crippen LogP contribution in [0.3, 0.4) is 0 Å². The number of hydrogen-bond donors (Lipinski definition) is 2. The van der Waals surface area contributed by atoms with Crippen LogP contribution in [0.2, 0.25) is 0 Å². The van der Waals surface area contributed by atoms with Crippen LogP contribution in [-0.2, 0) is 10.0 Å². The Bertz CT molecular complexity index is 1130. The third-order valence-electron chi connectivity index (χ3n) is 3.42. The molecule has 12 heteroatoms. The minimum atomic E-state index is -3.91. The molecular weight excluding hydrogens is 472 g/mol. The summed E-state index contributed by atoms with van der Waals surface area (Å²) in [4.78, 5) is 26.2. The molecule has 2 N–H and O–H groups in total. The molecule has 1 heterocycles. The number of rotatable bonds is 6. The van der Waals surface area contributed by atoms with Crippen molar-refractivity contribution < 1.29 is 18.1 Å². The van der Waals surface area contributed by atoms with Crippen molar-refractivity contribution in [1.29, 1.82) is 0 Å². The number of hydrogen-bond acceptors (Lipinski definition) is 7. The summed E-state index contributed by atoms with van der Waals surface area (Å²) in [5.41, 5.74) is 0.407. The molecule has 9 nitrogen and oxygen atoms in total. The number of nitro benzene ring substituents is 1. The van der Waals surface area contributed by atoms with E-state index in [2.05, 4.69) is 31.0 Å². The molecule has 0 unspecified atom stereocenters. The van der Waals surface area contributed by atoms with Gasteiger partial charge in [-0.25, -0.2) is 4.98 Å². The van der Waals surface area contributed by atoms with E-state index in [-0.39, 0.29) is 21.4 Å². The number of benzene rings is 2. The van der Waals surface area contributed by atoms with Gasteiger partial charge < -0.3 is 0 Å². The Labute approximate surface area is 171 Å². The van der Waals surface area contributed by atoms with Gasteiger partial charge in [0.1, 0.15) is 0 Å². The highest BCUT2D eigenvalue weighted by atomic mass is 79.9. The van der Waals surface area contributed by atoms with Crippen LogP contribution in [0.15, 0.2) is 63.4 Å². The van der Waals surface area contributed by atoms with Crippen molar-refractivity contribution in [2.24, 2.45) is 0 Å². The number of amides is 1. The molecule has 3 aromatic rings. The van der Waals surface area contributed by atoms with Crippen LogP contribution in [0.25, 0.3) is 0 Å². The first-order valence-corrected chi connectivity index (χ1v) is 10.7. The fourth-order valence-electron chi connectivity index (χ4n) is 2.07. The number of nitro groups is 1. The van der Waals surface area contributed by atoms with Gasteiger partial charge in [-0.05, 0) is 36.4 Å². The molecule has 0 saturated heterocycles. The van der Waals surface area contributed by atoms with Crippen molar-refractivity contribution in [2.45, 2.75) is 5.03 Å². The van der Waals surface area contributed by atoms with Crippen LogP contribution in [0.5, 0.6) is 0 Å². The maximum Gasteiger partial charge on any atom is 0.280 e. The van der Waals surface area contributed by atoms with E-state index in [0.29, 0.717) is 5.69 Å². The SMILES string of the molecule is O=C(Nc1nc(S(=O)(=O)Nc2ccc(Br)cc2)cs1)c1ccc([N+](=O)[O-])cc1. The second-order valence-electron chi connectivity index (χ2n) is 5.36. The molecule has 0 saturated carbocycles. The minimum absolute atomic E-state index is 0.0829. The van der Waals surface area contributed by atoms with Crippen LogP contribution in [-0.4, -0.2) is 24.2 Å². The molecule has 3 rings (SSSR count). The number of halogens is 1. The van der Waals surface area contributed by atoms with Crippen molar-refractivity contribution in [3.05, 3.63) is 74.1 Å². The zero-order valence-corrected chi connectivity index (χ0v) is 17.0. The predicted octanol–water partition coefficient (Wildman–Crippen LogP) is 3.87. The lowest BCUT2D eigenvalue weighted by molar-refractivity contribution is -0.384. The van der Waals surface area contributed by atoms with Gasteiger partial charge in [-0.1, -0.05) is 15.9 Å². The largest absolute Gasteiger partial charge is 0.298 e. The first-order chi connectivity index (χ1) is 13.2. The molecule has 0 spiro atoms. The topological polar surface area (TPSA) is 131 Å². The highest BCUT2D eigenvalue weighted by Crippen LogP contribution is 2.23. The van der Waals surface area contributed by atoms with Crippen LogP contribution >= 0.6 is 27.3 Å². The van der Waals surface area contributed by atoms with Gasteiger partial charge in [0.25, 0.3) is 21.6 Å². The highest BCUT2D eigenvalue weighted by Gasteiger charge is 2.19. The number of nitrogens with zero attached hydrogens (tertiary/aromatic N) is 2. The van der Waals surface area contributed by atoms with Crippen LogP contribution < -0.4 is 10.0 Å². The Morgan fingerprint density at radius 3 is 2.36 bits per heavy atom. The van der Waals surface area contributed by atoms with E-state index >= 15 is 0 Å². The highest BCUT2D eigenvalue weighted by molar-refractivity contribution is 9.10. The molecule has 0 aliphatic carbocycles. The Kier molecular flexibility index (Phi) is 5.72. The summed E-state index contributed by atoms with van der Waals surface area (Å²) in [5, 5.41) is 14.3. The maximum absolute atomic E-state index is 12.4. The first-order valence-electron chi connectivity index (χ1n) is 7.54. The third-order valence-corrected chi connectivity index (χ3v) is 6.12. The second-order valence-corrected chi connectivity index (χ2v) is 8.76. The first kappa shape index (κ1) is 19.9. The van der Waals surface area contributed by atoms with Crippen LogP contribution in [0.1, 0.15) is 10.4 Å². The van der Waals surface area contributed by atoms with Crippen molar-refractivity contribution >= 4 is 59.7 Å². The second kappa shape index (κ2) is 8.04. The summed E-state index contributed by atoms with van der Waals surface area (Å²) in [6.45, 7) is 0.